The van der Waals surface area contributed by atoms with E-state index in [1.807, 2.05) is 56.1 Å². The molecule has 1 unspecified atom stereocenters. The van der Waals surface area contributed by atoms with Crippen LogP contribution in [0.3, 0.4) is 0 Å². The van der Waals surface area contributed by atoms with E-state index in [1.165, 1.54) is 0 Å². The molecule has 0 radical (unpaired) electrons. The lowest BCUT2D eigenvalue weighted by Gasteiger charge is -2.32. The number of aryl methyl sites for hydroxylation is 2. The van der Waals surface area contributed by atoms with Crippen molar-refractivity contribution in [2.24, 2.45) is 0 Å². The maximum atomic E-state index is 13.0. The summed E-state index contributed by atoms with van der Waals surface area (Å²) in [4.78, 5) is 29.8. The maximum absolute atomic E-state index is 13.0. The molecule has 1 aliphatic rings. The molecule has 1 N–H and O–H groups in total. The number of para-hydroxylation sites is 2. The standard InChI is InChI=1S/C23H29N3O3/c1-16-8-7-9-17(2)21(16)29-18(3)22(27)24-20-11-6-5-10-19(20)23(28)26-14-12-25(4)13-15-26/h5-11,18H,12-15H2,1-4H3,(H,24,27). The summed E-state index contributed by atoms with van der Waals surface area (Å²) in [7, 11) is 2.05. The molecular weight excluding hydrogens is 366 g/mol. The van der Waals surface area contributed by atoms with Crippen LogP contribution in [0, 0.1) is 13.8 Å². The third-order valence-corrected chi connectivity index (χ3v) is 5.28. The van der Waals surface area contributed by atoms with Gasteiger partial charge in [0.15, 0.2) is 6.10 Å². The van der Waals surface area contributed by atoms with Gasteiger partial charge in [0.25, 0.3) is 11.8 Å². The van der Waals surface area contributed by atoms with Crippen molar-refractivity contribution in [1.82, 2.24) is 9.80 Å². The number of benzene rings is 2. The van der Waals surface area contributed by atoms with Crippen LogP contribution in [0.4, 0.5) is 5.69 Å². The predicted octanol–water partition coefficient (Wildman–Crippen LogP) is 3.10. The van der Waals surface area contributed by atoms with E-state index in [4.69, 9.17) is 4.74 Å². The number of carbonyl (C=O) groups is 2. The number of rotatable bonds is 5. The molecule has 2 aromatic carbocycles. The zero-order chi connectivity index (χ0) is 21.0. The van der Waals surface area contributed by atoms with Gasteiger partial charge in [0, 0.05) is 26.2 Å². The minimum Gasteiger partial charge on any atom is -0.480 e. The summed E-state index contributed by atoms with van der Waals surface area (Å²) in [6.45, 7) is 8.69. The van der Waals surface area contributed by atoms with Crippen LogP contribution in [-0.2, 0) is 4.79 Å². The number of nitrogens with zero attached hydrogens (tertiary/aromatic N) is 2. The van der Waals surface area contributed by atoms with Crippen molar-refractivity contribution in [2.75, 3.05) is 38.5 Å². The highest BCUT2D eigenvalue weighted by Gasteiger charge is 2.24. The van der Waals surface area contributed by atoms with Crippen LogP contribution in [0.25, 0.3) is 0 Å². The van der Waals surface area contributed by atoms with E-state index in [2.05, 4.69) is 10.2 Å². The lowest BCUT2D eigenvalue weighted by molar-refractivity contribution is -0.122. The number of anilines is 1. The molecule has 6 heteroatoms. The summed E-state index contributed by atoms with van der Waals surface area (Å²) in [6, 6.07) is 13.0. The Kier molecular flexibility index (Phi) is 6.54. The van der Waals surface area contributed by atoms with E-state index >= 15 is 0 Å². The van der Waals surface area contributed by atoms with Crippen LogP contribution in [0.2, 0.25) is 0 Å². The number of amides is 2. The Labute approximate surface area is 172 Å². The minimum absolute atomic E-state index is 0.0580. The third kappa shape index (κ3) is 4.95. The van der Waals surface area contributed by atoms with Crippen molar-refractivity contribution in [2.45, 2.75) is 26.9 Å². The summed E-state index contributed by atoms with van der Waals surface area (Å²) >= 11 is 0. The van der Waals surface area contributed by atoms with Gasteiger partial charge in [0.05, 0.1) is 11.3 Å². The van der Waals surface area contributed by atoms with Crippen molar-refractivity contribution in [3.05, 3.63) is 59.2 Å². The van der Waals surface area contributed by atoms with Gasteiger partial charge in [-0.05, 0) is 51.1 Å². The Morgan fingerprint density at radius 3 is 2.24 bits per heavy atom. The molecule has 1 saturated heterocycles. The molecule has 0 bridgehead atoms. The number of likely N-dealkylation sites (N-methyl/N-ethyl adjacent to an activating group) is 1. The highest BCUT2D eigenvalue weighted by atomic mass is 16.5. The number of piperazine rings is 1. The van der Waals surface area contributed by atoms with Crippen molar-refractivity contribution in [1.29, 1.82) is 0 Å². The lowest BCUT2D eigenvalue weighted by Crippen LogP contribution is -2.47. The van der Waals surface area contributed by atoms with Crippen LogP contribution >= 0.6 is 0 Å². The predicted molar refractivity (Wildman–Crippen MR) is 114 cm³/mol. The number of nitrogens with one attached hydrogen (secondary N) is 1. The van der Waals surface area contributed by atoms with E-state index < -0.39 is 6.10 Å². The second-order valence-corrected chi connectivity index (χ2v) is 7.61. The number of carbonyl (C=O) groups excluding carboxylic acids is 2. The zero-order valence-electron chi connectivity index (χ0n) is 17.6. The molecule has 1 atom stereocenters. The fourth-order valence-corrected chi connectivity index (χ4v) is 3.41. The zero-order valence-corrected chi connectivity index (χ0v) is 17.6. The molecular formula is C23H29N3O3. The van der Waals surface area contributed by atoms with Gasteiger partial charge < -0.3 is 19.9 Å². The van der Waals surface area contributed by atoms with Gasteiger partial charge in [0.1, 0.15) is 5.75 Å². The SMILES string of the molecule is Cc1cccc(C)c1OC(C)C(=O)Nc1ccccc1C(=O)N1CCN(C)CC1. The van der Waals surface area contributed by atoms with E-state index in [0.717, 1.165) is 30.0 Å². The van der Waals surface area contributed by atoms with Gasteiger partial charge in [-0.2, -0.15) is 0 Å². The second-order valence-electron chi connectivity index (χ2n) is 7.61. The third-order valence-electron chi connectivity index (χ3n) is 5.28. The first-order valence-corrected chi connectivity index (χ1v) is 9.97. The van der Waals surface area contributed by atoms with Crippen molar-refractivity contribution in [3.8, 4) is 5.75 Å². The first-order valence-electron chi connectivity index (χ1n) is 9.97. The molecule has 3 rings (SSSR count). The molecule has 154 valence electrons. The molecule has 0 aliphatic carbocycles. The monoisotopic (exact) mass is 395 g/mol. The molecule has 29 heavy (non-hydrogen) atoms. The molecule has 2 amide bonds. The first kappa shape index (κ1) is 20.9. The number of hydrogen-bond acceptors (Lipinski definition) is 4. The number of hydrogen-bond donors (Lipinski definition) is 1. The van der Waals surface area contributed by atoms with Crippen LogP contribution in [-0.4, -0.2) is 60.9 Å². The highest BCUT2D eigenvalue weighted by Crippen LogP contribution is 2.24. The van der Waals surface area contributed by atoms with Crippen molar-refractivity contribution in [3.63, 3.8) is 0 Å². The Balaban J connectivity index is 1.71. The summed E-state index contributed by atoms with van der Waals surface area (Å²) in [5.41, 5.74) is 2.98. The normalized spacial score (nSPS) is 15.7. The molecule has 0 aromatic heterocycles. The van der Waals surface area contributed by atoms with Crippen molar-refractivity contribution >= 4 is 17.5 Å². The summed E-state index contributed by atoms with van der Waals surface area (Å²) in [5, 5.41) is 2.88. The topological polar surface area (TPSA) is 61.9 Å². The smallest absolute Gasteiger partial charge is 0.265 e. The second kappa shape index (κ2) is 9.09. The molecule has 0 saturated carbocycles. The fraction of sp³-hybridized carbons (Fsp3) is 0.391. The van der Waals surface area contributed by atoms with Crippen LogP contribution in [0.1, 0.15) is 28.4 Å². The van der Waals surface area contributed by atoms with Gasteiger partial charge >= 0.3 is 0 Å². The Morgan fingerprint density at radius 1 is 0.966 bits per heavy atom. The molecule has 1 aliphatic heterocycles. The van der Waals surface area contributed by atoms with E-state index in [0.29, 0.717) is 24.3 Å². The Morgan fingerprint density at radius 2 is 1.59 bits per heavy atom. The van der Waals surface area contributed by atoms with Gasteiger partial charge in [-0.3, -0.25) is 9.59 Å². The average molecular weight is 396 g/mol. The maximum Gasteiger partial charge on any atom is 0.265 e. The minimum atomic E-state index is -0.693. The van der Waals surface area contributed by atoms with Crippen LogP contribution in [0.15, 0.2) is 42.5 Å². The van der Waals surface area contributed by atoms with Crippen molar-refractivity contribution < 1.29 is 14.3 Å². The first-order chi connectivity index (χ1) is 13.9. The molecule has 0 spiro atoms. The van der Waals surface area contributed by atoms with E-state index in [-0.39, 0.29) is 11.8 Å². The van der Waals surface area contributed by atoms with E-state index in [1.54, 1.807) is 19.1 Å². The highest BCUT2D eigenvalue weighted by molar-refractivity contribution is 6.04. The summed E-state index contributed by atoms with van der Waals surface area (Å²) in [6.07, 6.45) is -0.693. The van der Waals surface area contributed by atoms with E-state index in [9.17, 15) is 9.59 Å². The Bertz CT molecular complexity index is 868. The van der Waals surface area contributed by atoms with Crippen LogP contribution in [0.5, 0.6) is 5.75 Å². The molecule has 1 fully saturated rings. The summed E-state index contributed by atoms with van der Waals surface area (Å²) in [5.74, 6) is 0.376. The fourth-order valence-electron chi connectivity index (χ4n) is 3.41. The largest absolute Gasteiger partial charge is 0.480 e. The molecule has 6 nitrogen and oxygen atoms in total. The van der Waals surface area contributed by atoms with Crippen LogP contribution < -0.4 is 10.1 Å². The summed E-state index contributed by atoms with van der Waals surface area (Å²) < 4.78 is 5.93. The van der Waals surface area contributed by atoms with Gasteiger partial charge in [-0.25, -0.2) is 0 Å². The average Bonchev–Trinajstić information content (AvgIpc) is 2.71. The molecule has 2 aromatic rings. The Hall–Kier alpha value is -2.86. The van der Waals surface area contributed by atoms with Gasteiger partial charge in [0.2, 0.25) is 0 Å². The van der Waals surface area contributed by atoms with Gasteiger partial charge in [-0.1, -0.05) is 30.3 Å². The molecule has 1 heterocycles. The quantitative estimate of drug-likeness (QED) is 0.845. The number of ether oxygens (including phenoxy) is 1. The van der Waals surface area contributed by atoms with Gasteiger partial charge in [-0.15, -0.1) is 0 Å². The lowest BCUT2D eigenvalue weighted by atomic mass is 10.1.